The van der Waals surface area contributed by atoms with E-state index in [4.69, 9.17) is 9.52 Å². The van der Waals surface area contributed by atoms with Crippen molar-refractivity contribution in [2.45, 2.75) is 40.2 Å². The molecule has 0 aliphatic carbocycles. The van der Waals surface area contributed by atoms with Crippen LogP contribution in [0.25, 0.3) is 0 Å². The van der Waals surface area contributed by atoms with E-state index in [2.05, 4.69) is 0 Å². The molecule has 1 aromatic heterocycles. The number of hydrogen-bond acceptors (Lipinski definition) is 3. The Morgan fingerprint density at radius 1 is 1.37 bits per heavy atom. The molecule has 1 aromatic rings. The van der Waals surface area contributed by atoms with Crippen molar-refractivity contribution in [3.05, 3.63) is 23.7 Å². The summed E-state index contributed by atoms with van der Waals surface area (Å²) in [5.41, 5.74) is 0.426. The molecular weight excluding hydrogens is 246 g/mol. The second kappa shape index (κ2) is 5.91. The summed E-state index contributed by atoms with van der Waals surface area (Å²) in [6, 6.07) is 1.83. The lowest BCUT2D eigenvalue weighted by Crippen LogP contribution is -2.31. The van der Waals surface area contributed by atoms with E-state index >= 15 is 0 Å². The van der Waals surface area contributed by atoms with Crippen LogP contribution in [0.5, 0.6) is 0 Å². The minimum atomic E-state index is -0.883. The van der Waals surface area contributed by atoms with Crippen LogP contribution in [0.4, 0.5) is 0 Å². The van der Waals surface area contributed by atoms with Crippen molar-refractivity contribution >= 4 is 11.9 Å². The highest BCUT2D eigenvalue weighted by Crippen LogP contribution is 2.26. The fourth-order valence-corrected chi connectivity index (χ4v) is 1.94. The van der Waals surface area contributed by atoms with Gasteiger partial charge in [-0.2, -0.15) is 0 Å². The lowest BCUT2D eigenvalue weighted by Gasteiger charge is -2.25. The Kier molecular flexibility index (Phi) is 4.75. The summed E-state index contributed by atoms with van der Waals surface area (Å²) in [7, 11) is 1.71. The minimum absolute atomic E-state index is 0.0165. The third-order valence-electron chi connectivity index (χ3n) is 3.06. The van der Waals surface area contributed by atoms with Gasteiger partial charge in [0.25, 0.3) is 0 Å². The monoisotopic (exact) mass is 267 g/mol. The van der Waals surface area contributed by atoms with Crippen molar-refractivity contribution in [2.75, 3.05) is 7.05 Å². The largest absolute Gasteiger partial charge is 0.481 e. The molecule has 0 aliphatic rings. The molecule has 19 heavy (non-hydrogen) atoms. The molecule has 1 amide bonds. The summed E-state index contributed by atoms with van der Waals surface area (Å²) in [5, 5.41) is 8.81. The maximum Gasteiger partial charge on any atom is 0.303 e. The number of furan rings is 1. The van der Waals surface area contributed by atoms with Crippen LogP contribution in [0.1, 0.15) is 38.0 Å². The van der Waals surface area contributed by atoms with Gasteiger partial charge in [0.2, 0.25) is 5.91 Å². The van der Waals surface area contributed by atoms with Crippen molar-refractivity contribution in [1.29, 1.82) is 0 Å². The predicted molar refractivity (Wildman–Crippen MR) is 70.6 cm³/mol. The predicted octanol–water partition coefficient (Wildman–Crippen LogP) is 2.44. The molecular formula is C14H21NO4. The summed E-state index contributed by atoms with van der Waals surface area (Å²) >= 11 is 0. The van der Waals surface area contributed by atoms with E-state index in [9.17, 15) is 9.59 Å². The Labute approximate surface area is 113 Å². The van der Waals surface area contributed by atoms with E-state index < -0.39 is 11.4 Å². The van der Waals surface area contributed by atoms with E-state index in [1.165, 1.54) is 0 Å². The van der Waals surface area contributed by atoms with E-state index in [1.54, 1.807) is 32.1 Å². The van der Waals surface area contributed by atoms with Gasteiger partial charge in [-0.3, -0.25) is 9.59 Å². The number of aliphatic carboxylic acids is 1. The zero-order valence-corrected chi connectivity index (χ0v) is 11.9. The third-order valence-corrected chi connectivity index (χ3v) is 3.06. The number of nitrogens with zero attached hydrogens (tertiary/aromatic N) is 1. The molecule has 0 bridgehead atoms. The standard InChI is InChI=1S/C14H21NO4/c1-10-11(5-6-19-10)9-15(4)12(16)7-14(2,3)8-13(17)18/h5-6H,7-9H2,1-4H3,(H,17,18). The molecule has 0 atom stereocenters. The van der Waals surface area contributed by atoms with Gasteiger partial charge in [-0.05, 0) is 18.4 Å². The minimum Gasteiger partial charge on any atom is -0.481 e. The van der Waals surface area contributed by atoms with Gasteiger partial charge < -0.3 is 14.4 Å². The highest BCUT2D eigenvalue weighted by atomic mass is 16.4. The van der Waals surface area contributed by atoms with Crippen molar-refractivity contribution in [2.24, 2.45) is 5.41 Å². The molecule has 5 nitrogen and oxygen atoms in total. The van der Waals surface area contributed by atoms with Gasteiger partial charge in [0.1, 0.15) is 5.76 Å². The summed E-state index contributed by atoms with van der Waals surface area (Å²) < 4.78 is 5.18. The number of carbonyl (C=O) groups excluding carboxylic acids is 1. The molecule has 0 fully saturated rings. The van der Waals surface area contributed by atoms with E-state index in [0.29, 0.717) is 6.54 Å². The topological polar surface area (TPSA) is 70.8 Å². The smallest absolute Gasteiger partial charge is 0.303 e. The normalized spacial score (nSPS) is 11.4. The Morgan fingerprint density at radius 3 is 2.47 bits per heavy atom. The van der Waals surface area contributed by atoms with Crippen LogP contribution in [-0.2, 0) is 16.1 Å². The molecule has 1 rings (SSSR count). The Bertz CT molecular complexity index is 462. The summed E-state index contributed by atoms with van der Waals surface area (Å²) in [6.07, 6.45) is 1.79. The highest BCUT2D eigenvalue weighted by Gasteiger charge is 2.26. The molecule has 0 saturated carbocycles. The fraction of sp³-hybridized carbons (Fsp3) is 0.571. The van der Waals surface area contributed by atoms with Crippen LogP contribution in [0, 0.1) is 12.3 Å². The second-order valence-electron chi connectivity index (χ2n) is 5.66. The number of carbonyl (C=O) groups is 2. The Balaban J connectivity index is 2.58. The lowest BCUT2D eigenvalue weighted by molar-refractivity contribution is -0.140. The highest BCUT2D eigenvalue weighted by molar-refractivity contribution is 5.77. The summed E-state index contributed by atoms with van der Waals surface area (Å²) in [5.74, 6) is -0.151. The summed E-state index contributed by atoms with van der Waals surface area (Å²) in [6.45, 7) is 5.90. The number of carboxylic acid groups (broad SMARTS) is 1. The quantitative estimate of drug-likeness (QED) is 0.859. The van der Waals surface area contributed by atoms with Gasteiger partial charge in [-0.15, -0.1) is 0 Å². The third kappa shape index (κ3) is 4.77. The first-order valence-electron chi connectivity index (χ1n) is 6.20. The SMILES string of the molecule is Cc1occc1CN(C)C(=O)CC(C)(C)CC(=O)O. The number of aryl methyl sites for hydroxylation is 1. The first kappa shape index (κ1) is 15.3. The maximum absolute atomic E-state index is 12.1. The van der Waals surface area contributed by atoms with Crippen LogP contribution in [0.15, 0.2) is 16.7 Å². The van der Waals surface area contributed by atoms with Gasteiger partial charge in [-0.1, -0.05) is 13.8 Å². The van der Waals surface area contributed by atoms with Crippen molar-refractivity contribution in [3.8, 4) is 0 Å². The van der Waals surface area contributed by atoms with Gasteiger partial charge in [0.15, 0.2) is 0 Å². The van der Waals surface area contributed by atoms with Gasteiger partial charge in [-0.25, -0.2) is 0 Å². The molecule has 0 unspecified atom stereocenters. The number of amides is 1. The number of carboxylic acids is 1. The average Bonchev–Trinajstić information content (AvgIpc) is 2.61. The Hall–Kier alpha value is -1.78. The van der Waals surface area contributed by atoms with Crippen LogP contribution < -0.4 is 0 Å². The first-order valence-corrected chi connectivity index (χ1v) is 6.20. The van der Waals surface area contributed by atoms with Gasteiger partial charge >= 0.3 is 5.97 Å². The average molecular weight is 267 g/mol. The number of rotatable bonds is 6. The molecule has 0 spiro atoms. The fourth-order valence-electron chi connectivity index (χ4n) is 1.94. The van der Waals surface area contributed by atoms with E-state index in [1.807, 2.05) is 13.0 Å². The molecule has 0 aromatic carbocycles. The maximum atomic E-state index is 12.1. The second-order valence-corrected chi connectivity index (χ2v) is 5.66. The molecule has 1 N–H and O–H groups in total. The van der Waals surface area contributed by atoms with Crippen LogP contribution >= 0.6 is 0 Å². The molecule has 0 saturated heterocycles. The van der Waals surface area contributed by atoms with Crippen molar-refractivity contribution < 1.29 is 19.1 Å². The van der Waals surface area contributed by atoms with Crippen LogP contribution in [-0.4, -0.2) is 28.9 Å². The molecule has 0 radical (unpaired) electrons. The van der Waals surface area contributed by atoms with E-state index in [-0.39, 0.29) is 18.7 Å². The number of hydrogen-bond donors (Lipinski definition) is 1. The summed E-state index contributed by atoms with van der Waals surface area (Å²) in [4.78, 5) is 24.4. The molecule has 106 valence electrons. The van der Waals surface area contributed by atoms with Gasteiger partial charge in [0, 0.05) is 25.6 Å². The van der Waals surface area contributed by atoms with Crippen LogP contribution in [0.3, 0.4) is 0 Å². The molecule has 0 aliphatic heterocycles. The van der Waals surface area contributed by atoms with Gasteiger partial charge in [0.05, 0.1) is 12.7 Å². The van der Waals surface area contributed by atoms with E-state index in [0.717, 1.165) is 11.3 Å². The zero-order valence-electron chi connectivity index (χ0n) is 11.9. The van der Waals surface area contributed by atoms with Crippen molar-refractivity contribution in [3.63, 3.8) is 0 Å². The molecule has 5 heteroatoms. The zero-order chi connectivity index (χ0) is 14.6. The lowest BCUT2D eigenvalue weighted by atomic mass is 9.85. The molecule has 1 heterocycles. The van der Waals surface area contributed by atoms with Crippen molar-refractivity contribution in [1.82, 2.24) is 4.90 Å². The Morgan fingerprint density at radius 2 is 2.00 bits per heavy atom. The first-order chi connectivity index (χ1) is 8.71. The van der Waals surface area contributed by atoms with Crippen LogP contribution in [0.2, 0.25) is 0 Å².